The van der Waals surface area contributed by atoms with Gasteiger partial charge in [-0.3, -0.25) is 19.7 Å². The number of methoxy groups -OCH3 is 2. The Morgan fingerprint density at radius 1 is 1.24 bits per heavy atom. The highest BCUT2D eigenvalue weighted by atomic mass is 19.1. The highest BCUT2D eigenvalue weighted by Gasteiger charge is 2.53. The molecule has 38 heavy (non-hydrogen) atoms. The fourth-order valence-electron chi connectivity index (χ4n) is 4.48. The number of esters is 1. The normalized spacial score (nSPS) is 18.4. The van der Waals surface area contributed by atoms with Crippen LogP contribution in [0.25, 0.3) is 11.1 Å². The molecule has 3 N–H and O–H groups in total. The van der Waals surface area contributed by atoms with E-state index in [1.165, 1.54) is 37.3 Å². The number of amides is 4. The molecule has 12 nitrogen and oxygen atoms in total. The van der Waals surface area contributed by atoms with Gasteiger partial charge in [-0.15, -0.1) is 0 Å². The smallest absolute Gasteiger partial charge is 0.322 e. The predicted octanol–water partition coefficient (Wildman–Crippen LogP) is 1.78. The number of rotatable bonds is 8. The number of hydrogen-bond donors (Lipinski definition) is 3. The summed E-state index contributed by atoms with van der Waals surface area (Å²) in [4.78, 5) is 55.0. The van der Waals surface area contributed by atoms with Crippen molar-refractivity contribution in [2.75, 3.05) is 32.6 Å². The van der Waals surface area contributed by atoms with Crippen molar-refractivity contribution in [2.45, 2.75) is 18.5 Å². The molecule has 3 aromatic rings. The van der Waals surface area contributed by atoms with Gasteiger partial charge in [-0.05, 0) is 11.6 Å². The summed E-state index contributed by atoms with van der Waals surface area (Å²) in [6, 6.07) is 4.46. The number of halogens is 2. The second-order valence-electron chi connectivity index (χ2n) is 8.66. The lowest BCUT2D eigenvalue weighted by Crippen LogP contribution is -2.52. The lowest BCUT2D eigenvalue weighted by molar-refractivity contribution is -0.140. The first-order chi connectivity index (χ1) is 18.2. The zero-order valence-corrected chi connectivity index (χ0v) is 20.1. The molecule has 0 spiro atoms. The van der Waals surface area contributed by atoms with Crippen LogP contribution in [-0.2, 0) is 26.4 Å². The molecular weight excluding hydrogens is 508 g/mol. The molecule has 198 valence electrons. The number of aromatic nitrogens is 1. The number of nitrogens with one attached hydrogen (secondary N) is 3. The molecule has 4 heterocycles. The van der Waals surface area contributed by atoms with E-state index in [1.54, 1.807) is 0 Å². The number of ether oxygens (including phenoxy) is 2. The molecule has 1 aromatic carbocycles. The Balaban J connectivity index is 1.48. The van der Waals surface area contributed by atoms with Crippen LogP contribution < -0.4 is 20.7 Å². The van der Waals surface area contributed by atoms with Crippen molar-refractivity contribution in [3.05, 3.63) is 52.8 Å². The molecule has 0 saturated carbocycles. The van der Waals surface area contributed by atoms with Crippen LogP contribution in [0, 0.1) is 11.6 Å². The second-order valence-corrected chi connectivity index (χ2v) is 8.66. The van der Waals surface area contributed by atoms with Gasteiger partial charge in [-0.2, -0.15) is 0 Å². The van der Waals surface area contributed by atoms with Gasteiger partial charge in [0.15, 0.2) is 34.3 Å². The Labute approximate surface area is 213 Å². The lowest BCUT2D eigenvalue weighted by Gasteiger charge is -2.28. The molecule has 14 heteroatoms. The number of imide groups is 1. The molecular formula is C24H21F2N5O7. The number of pyridine rings is 1. The summed E-state index contributed by atoms with van der Waals surface area (Å²) in [5.74, 6) is -4.03. The van der Waals surface area contributed by atoms with Gasteiger partial charge in [0.1, 0.15) is 11.3 Å². The minimum Gasteiger partial charge on any atom is -0.494 e. The fourth-order valence-corrected chi connectivity index (χ4v) is 4.48. The van der Waals surface area contributed by atoms with Crippen molar-refractivity contribution >= 4 is 40.7 Å². The average Bonchev–Trinajstić information content (AvgIpc) is 3.53. The highest BCUT2D eigenvalue weighted by Crippen LogP contribution is 2.36. The molecule has 2 aromatic heterocycles. The fraction of sp³-hybridized carbons (Fsp3) is 0.292. The summed E-state index contributed by atoms with van der Waals surface area (Å²) < 4.78 is 44.7. The van der Waals surface area contributed by atoms with Gasteiger partial charge in [0.05, 0.1) is 32.7 Å². The quantitative estimate of drug-likeness (QED) is 0.293. The second kappa shape index (κ2) is 9.28. The molecule has 2 aliphatic heterocycles. The van der Waals surface area contributed by atoms with Gasteiger partial charge in [0, 0.05) is 25.2 Å². The lowest BCUT2D eigenvalue weighted by atomic mass is 9.95. The molecule has 0 aliphatic carbocycles. The van der Waals surface area contributed by atoms with Crippen LogP contribution in [0.1, 0.15) is 28.1 Å². The van der Waals surface area contributed by atoms with Crippen LogP contribution in [0.2, 0.25) is 0 Å². The van der Waals surface area contributed by atoms with E-state index in [4.69, 9.17) is 9.15 Å². The van der Waals surface area contributed by atoms with Gasteiger partial charge in [-0.25, -0.2) is 18.6 Å². The maximum absolute atomic E-state index is 14.8. The SMILES string of the molecule is COC(=O)CCNc1nc2cc([C@]3(CN4Cc5ccc(OC)c(F)c5C4=O)NC(=O)NC3=O)oc2cc1F. The van der Waals surface area contributed by atoms with Crippen molar-refractivity contribution in [1.82, 2.24) is 20.5 Å². The summed E-state index contributed by atoms with van der Waals surface area (Å²) in [5, 5.41) is 7.31. The molecule has 0 unspecified atom stereocenters. The van der Waals surface area contributed by atoms with Crippen molar-refractivity contribution < 1.29 is 41.8 Å². The summed E-state index contributed by atoms with van der Waals surface area (Å²) in [6.07, 6.45) is -0.0275. The number of carbonyl (C=O) groups is 4. The monoisotopic (exact) mass is 529 g/mol. The third-order valence-corrected chi connectivity index (χ3v) is 6.37. The van der Waals surface area contributed by atoms with E-state index in [1.807, 2.05) is 0 Å². The molecule has 0 bridgehead atoms. The summed E-state index contributed by atoms with van der Waals surface area (Å²) in [7, 11) is 2.50. The zero-order chi connectivity index (χ0) is 27.2. The van der Waals surface area contributed by atoms with Crippen molar-refractivity contribution in [3.8, 4) is 5.75 Å². The first kappa shape index (κ1) is 24.9. The van der Waals surface area contributed by atoms with Gasteiger partial charge in [0.2, 0.25) is 0 Å². The largest absolute Gasteiger partial charge is 0.494 e. The molecule has 0 radical (unpaired) electrons. The molecule has 5 rings (SSSR count). The maximum Gasteiger partial charge on any atom is 0.322 e. The van der Waals surface area contributed by atoms with Crippen LogP contribution in [0.5, 0.6) is 5.75 Å². The zero-order valence-electron chi connectivity index (χ0n) is 20.1. The topological polar surface area (TPSA) is 152 Å². The summed E-state index contributed by atoms with van der Waals surface area (Å²) in [5.41, 5.74) is -1.60. The van der Waals surface area contributed by atoms with Crippen molar-refractivity contribution in [3.63, 3.8) is 0 Å². The standard InChI is InChI=1S/C24H21F2N5O7/c1-36-14-4-3-11-9-31(21(33)18(11)19(14)26)10-24(22(34)29-23(35)30-24)16-8-13-15(38-16)7-12(25)20(28-13)27-6-5-17(32)37-2/h3-4,7-8H,5-6,9-10H2,1-2H3,(H,27,28)(H2,29,30,34,35)/t24-/m0/s1. The van der Waals surface area contributed by atoms with Gasteiger partial charge >= 0.3 is 12.0 Å². The van der Waals surface area contributed by atoms with E-state index in [-0.39, 0.29) is 53.5 Å². The molecule has 1 fully saturated rings. The summed E-state index contributed by atoms with van der Waals surface area (Å²) >= 11 is 0. The molecule has 1 atom stereocenters. The summed E-state index contributed by atoms with van der Waals surface area (Å²) in [6.45, 7) is -0.401. The van der Waals surface area contributed by atoms with E-state index >= 15 is 0 Å². The first-order valence-electron chi connectivity index (χ1n) is 11.4. The van der Waals surface area contributed by atoms with Crippen LogP contribution in [0.4, 0.5) is 19.4 Å². The number of carbonyl (C=O) groups excluding carboxylic acids is 4. The van der Waals surface area contributed by atoms with Gasteiger partial charge in [0.25, 0.3) is 11.8 Å². The van der Waals surface area contributed by atoms with E-state index in [2.05, 4.69) is 25.7 Å². The van der Waals surface area contributed by atoms with E-state index in [0.29, 0.717) is 5.56 Å². The Morgan fingerprint density at radius 3 is 2.71 bits per heavy atom. The van der Waals surface area contributed by atoms with Gasteiger partial charge < -0.3 is 29.4 Å². The predicted molar refractivity (Wildman–Crippen MR) is 125 cm³/mol. The Morgan fingerprint density at radius 2 is 2.03 bits per heavy atom. The molecule has 4 amide bonds. The Kier molecular flexibility index (Phi) is 6.09. The number of fused-ring (bicyclic) bond motifs is 2. The third-order valence-electron chi connectivity index (χ3n) is 6.37. The number of anilines is 1. The van der Waals surface area contributed by atoms with Gasteiger partial charge in [-0.1, -0.05) is 6.07 Å². The van der Waals surface area contributed by atoms with Crippen molar-refractivity contribution in [1.29, 1.82) is 0 Å². The van der Waals surface area contributed by atoms with E-state index < -0.39 is 47.5 Å². The van der Waals surface area contributed by atoms with Crippen LogP contribution in [0.15, 0.2) is 28.7 Å². The van der Waals surface area contributed by atoms with Crippen LogP contribution in [0.3, 0.4) is 0 Å². The minimum absolute atomic E-state index is 0.0275. The molecule has 2 aliphatic rings. The average molecular weight is 529 g/mol. The number of nitrogens with zero attached hydrogens (tertiary/aromatic N) is 2. The Bertz CT molecular complexity index is 1510. The van der Waals surface area contributed by atoms with Crippen LogP contribution in [-0.4, -0.2) is 61.0 Å². The minimum atomic E-state index is -1.90. The Hall–Kier alpha value is -4.75. The van der Waals surface area contributed by atoms with E-state index in [0.717, 1.165) is 6.07 Å². The van der Waals surface area contributed by atoms with Crippen LogP contribution >= 0.6 is 0 Å². The molecule has 1 saturated heterocycles. The van der Waals surface area contributed by atoms with Crippen molar-refractivity contribution in [2.24, 2.45) is 0 Å². The highest BCUT2D eigenvalue weighted by molar-refractivity contribution is 6.08. The van der Waals surface area contributed by atoms with E-state index in [9.17, 15) is 28.0 Å². The number of furan rings is 1. The maximum atomic E-state index is 14.8. The number of urea groups is 1. The number of benzene rings is 1. The third kappa shape index (κ3) is 4.03. The first-order valence-corrected chi connectivity index (χ1v) is 11.4. The number of hydrogen-bond acceptors (Lipinski definition) is 9.